The molecule has 0 saturated carbocycles. The van der Waals surface area contributed by atoms with Crippen molar-refractivity contribution in [2.75, 3.05) is 0 Å². The minimum absolute atomic E-state index is 0.580. The molecule has 1 atom stereocenters. The van der Waals surface area contributed by atoms with Crippen molar-refractivity contribution in [1.82, 2.24) is 0 Å². The maximum Gasteiger partial charge on any atom is -0.0277 e. The van der Waals surface area contributed by atoms with Gasteiger partial charge in [-0.2, -0.15) is 0 Å². The Kier molecular flexibility index (Phi) is 5.61. The van der Waals surface area contributed by atoms with Crippen molar-refractivity contribution in [3.8, 4) is 0 Å². The van der Waals surface area contributed by atoms with E-state index in [1.54, 1.807) is 0 Å². The molecule has 0 aromatic rings. The van der Waals surface area contributed by atoms with Gasteiger partial charge in [0.1, 0.15) is 0 Å². The summed E-state index contributed by atoms with van der Waals surface area (Å²) in [5.41, 5.74) is 0.580. The van der Waals surface area contributed by atoms with Crippen LogP contribution in [-0.2, 0) is 0 Å². The quantitative estimate of drug-likeness (QED) is 0.551. The summed E-state index contributed by atoms with van der Waals surface area (Å²) in [6.45, 7) is 13.3. The molecule has 1 radical (unpaired) electrons. The first kappa shape index (κ1) is 12.0. The van der Waals surface area contributed by atoms with Crippen molar-refractivity contribution in [1.29, 1.82) is 0 Å². The Morgan fingerprint density at radius 2 is 1.75 bits per heavy atom. The van der Waals surface area contributed by atoms with E-state index in [9.17, 15) is 0 Å². The smallest absolute Gasteiger partial charge is 0.0277 e. The van der Waals surface area contributed by atoms with Gasteiger partial charge in [-0.05, 0) is 24.2 Å². The number of rotatable bonds is 6. The monoisotopic (exact) mass is 169 g/mol. The van der Waals surface area contributed by atoms with Gasteiger partial charge in [-0.1, -0.05) is 53.9 Å². The third-order valence-corrected chi connectivity index (χ3v) is 3.35. The lowest BCUT2D eigenvalue weighted by atomic mass is 9.69. The molecule has 0 amide bonds. The summed E-state index contributed by atoms with van der Waals surface area (Å²) in [5, 5.41) is 0. The van der Waals surface area contributed by atoms with Gasteiger partial charge in [0.15, 0.2) is 0 Å². The summed E-state index contributed by atoms with van der Waals surface area (Å²) in [4.78, 5) is 0. The second kappa shape index (κ2) is 5.61. The van der Waals surface area contributed by atoms with Gasteiger partial charge in [-0.25, -0.2) is 0 Å². The first-order valence-electron chi connectivity index (χ1n) is 5.42. The fourth-order valence-corrected chi connectivity index (χ4v) is 2.31. The largest absolute Gasteiger partial charge is 0.0654 e. The molecule has 0 rings (SSSR count). The fraction of sp³-hybridized carbons (Fsp3) is 0.917. The van der Waals surface area contributed by atoms with E-state index in [1.807, 2.05) is 0 Å². The molecule has 73 valence electrons. The standard InChI is InChI=1S/C12H25/c1-6-9-12(8-3,10-7-2)11(4)5/h11H,1,6-10H2,2-5H3. The van der Waals surface area contributed by atoms with Crippen LogP contribution in [0.25, 0.3) is 0 Å². The molecule has 0 N–H and O–H groups in total. The molecular formula is C12H25. The zero-order valence-corrected chi connectivity index (χ0v) is 9.32. The van der Waals surface area contributed by atoms with Crippen LogP contribution in [0, 0.1) is 18.3 Å². The summed E-state index contributed by atoms with van der Waals surface area (Å²) >= 11 is 0. The van der Waals surface area contributed by atoms with Gasteiger partial charge in [0.2, 0.25) is 0 Å². The van der Waals surface area contributed by atoms with Gasteiger partial charge in [0.25, 0.3) is 0 Å². The van der Waals surface area contributed by atoms with E-state index in [-0.39, 0.29) is 0 Å². The lowest BCUT2D eigenvalue weighted by molar-refractivity contribution is 0.145. The van der Waals surface area contributed by atoms with E-state index < -0.39 is 0 Å². The Morgan fingerprint density at radius 3 is 2.00 bits per heavy atom. The summed E-state index contributed by atoms with van der Waals surface area (Å²) in [7, 11) is 0. The van der Waals surface area contributed by atoms with Crippen LogP contribution in [0.15, 0.2) is 0 Å². The van der Waals surface area contributed by atoms with Gasteiger partial charge in [-0.3, -0.25) is 0 Å². The topological polar surface area (TPSA) is 0 Å². The van der Waals surface area contributed by atoms with Crippen LogP contribution in [0.2, 0.25) is 0 Å². The summed E-state index contributed by atoms with van der Waals surface area (Å²) in [6.07, 6.45) is 6.39. The van der Waals surface area contributed by atoms with Crippen molar-refractivity contribution in [2.45, 2.75) is 59.8 Å². The SMILES string of the molecule is [CH2]CCC(CC)(CCC)C(C)C. The molecule has 0 bridgehead atoms. The average molecular weight is 169 g/mol. The highest BCUT2D eigenvalue weighted by molar-refractivity contribution is 4.81. The van der Waals surface area contributed by atoms with Crippen molar-refractivity contribution < 1.29 is 0 Å². The zero-order valence-electron chi connectivity index (χ0n) is 9.32. The minimum Gasteiger partial charge on any atom is -0.0654 e. The Morgan fingerprint density at radius 1 is 1.17 bits per heavy atom. The van der Waals surface area contributed by atoms with Gasteiger partial charge in [-0.15, -0.1) is 0 Å². The molecule has 12 heavy (non-hydrogen) atoms. The van der Waals surface area contributed by atoms with E-state index in [2.05, 4.69) is 34.6 Å². The van der Waals surface area contributed by atoms with E-state index in [0.29, 0.717) is 5.41 Å². The zero-order chi connectivity index (χ0) is 9.61. The minimum atomic E-state index is 0.580. The lowest BCUT2D eigenvalue weighted by Gasteiger charge is -2.36. The molecule has 0 fully saturated rings. The second-order valence-corrected chi connectivity index (χ2v) is 4.22. The fourth-order valence-electron chi connectivity index (χ4n) is 2.31. The van der Waals surface area contributed by atoms with E-state index in [0.717, 1.165) is 12.3 Å². The predicted octanol–water partition coefficient (Wildman–Crippen LogP) is 4.45. The van der Waals surface area contributed by atoms with E-state index in [1.165, 1.54) is 25.7 Å². The molecule has 0 aromatic heterocycles. The van der Waals surface area contributed by atoms with Gasteiger partial charge in [0.05, 0.1) is 0 Å². The Hall–Kier alpha value is 0. The maximum atomic E-state index is 3.98. The third-order valence-electron chi connectivity index (χ3n) is 3.35. The summed E-state index contributed by atoms with van der Waals surface area (Å²) in [6, 6.07) is 0. The maximum absolute atomic E-state index is 3.98. The number of hydrogen-bond donors (Lipinski definition) is 0. The Balaban J connectivity index is 4.28. The van der Waals surface area contributed by atoms with Crippen LogP contribution in [0.3, 0.4) is 0 Å². The first-order valence-corrected chi connectivity index (χ1v) is 5.42. The van der Waals surface area contributed by atoms with E-state index >= 15 is 0 Å². The van der Waals surface area contributed by atoms with Crippen molar-refractivity contribution in [2.24, 2.45) is 11.3 Å². The molecular weight excluding hydrogens is 144 g/mol. The molecule has 0 heteroatoms. The molecule has 0 nitrogen and oxygen atoms in total. The van der Waals surface area contributed by atoms with Crippen molar-refractivity contribution in [3.05, 3.63) is 6.92 Å². The second-order valence-electron chi connectivity index (χ2n) is 4.22. The lowest BCUT2D eigenvalue weighted by Crippen LogP contribution is -2.26. The molecule has 1 unspecified atom stereocenters. The molecule has 0 spiro atoms. The van der Waals surface area contributed by atoms with E-state index in [4.69, 9.17) is 0 Å². The summed E-state index contributed by atoms with van der Waals surface area (Å²) < 4.78 is 0. The van der Waals surface area contributed by atoms with Gasteiger partial charge >= 0.3 is 0 Å². The molecule has 0 heterocycles. The van der Waals surface area contributed by atoms with Gasteiger partial charge < -0.3 is 0 Å². The predicted molar refractivity (Wildman–Crippen MR) is 57.1 cm³/mol. The van der Waals surface area contributed by atoms with Crippen molar-refractivity contribution >= 4 is 0 Å². The van der Waals surface area contributed by atoms with Crippen LogP contribution in [0.1, 0.15) is 59.8 Å². The molecule has 0 aliphatic carbocycles. The normalized spacial score (nSPS) is 12.5. The summed E-state index contributed by atoms with van der Waals surface area (Å²) in [5.74, 6) is 0.809. The van der Waals surface area contributed by atoms with Crippen LogP contribution in [0.4, 0.5) is 0 Å². The Labute approximate surface area is 78.8 Å². The molecule has 0 aliphatic heterocycles. The third kappa shape index (κ3) is 2.80. The number of hydrogen-bond acceptors (Lipinski definition) is 0. The highest BCUT2D eigenvalue weighted by Crippen LogP contribution is 2.40. The van der Waals surface area contributed by atoms with Crippen LogP contribution >= 0.6 is 0 Å². The highest BCUT2D eigenvalue weighted by Gasteiger charge is 2.29. The highest BCUT2D eigenvalue weighted by atomic mass is 14.3. The molecule has 0 saturated heterocycles. The van der Waals surface area contributed by atoms with Crippen LogP contribution < -0.4 is 0 Å². The van der Waals surface area contributed by atoms with Crippen molar-refractivity contribution in [3.63, 3.8) is 0 Å². The molecule has 0 aromatic carbocycles. The van der Waals surface area contributed by atoms with Crippen LogP contribution in [0.5, 0.6) is 0 Å². The van der Waals surface area contributed by atoms with Crippen LogP contribution in [-0.4, -0.2) is 0 Å². The molecule has 0 aliphatic rings. The average Bonchev–Trinajstić information content (AvgIpc) is 2.03. The Bertz CT molecular complexity index is 96.6. The first-order chi connectivity index (χ1) is 5.63. The van der Waals surface area contributed by atoms with Gasteiger partial charge in [0, 0.05) is 0 Å².